The number of hydrogen-bond acceptors (Lipinski definition) is 7. The molecule has 29 heavy (non-hydrogen) atoms. The van der Waals surface area contributed by atoms with Gasteiger partial charge in [0.1, 0.15) is 9.92 Å². The van der Waals surface area contributed by atoms with E-state index in [0.717, 1.165) is 16.6 Å². The van der Waals surface area contributed by atoms with Crippen LogP contribution in [-0.4, -0.2) is 35.6 Å². The number of benzene rings is 2. The topological polar surface area (TPSA) is 125 Å². The zero-order valence-electron chi connectivity index (χ0n) is 15.1. The second kappa shape index (κ2) is 7.66. The highest BCUT2D eigenvalue weighted by atomic mass is 35.5. The lowest BCUT2D eigenvalue weighted by Crippen LogP contribution is -2.19. The number of aromatic amines is 1. The Hall–Kier alpha value is -3.21. The third-order valence-corrected chi connectivity index (χ3v) is 5.89. The summed E-state index contributed by atoms with van der Waals surface area (Å²) in [6.07, 6.45) is 3.17. The molecule has 0 atom stereocenters. The molecule has 0 spiro atoms. The van der Waals surface area contributed by atoms with Crippen LogP contribution < -0.4 is 15.4 Å². The largest absolute Gasteiger partial charge is 0.338 e. The minimum Gasteiger partial charge on any atom is -0.338 e. The number of fused-ring (bicyclic) bond motifs is 1. The smallest absolute Gasteiger partial charge is 0.242 e. The van der Waals surface area contributed by atoms with Crippen molar-refractivity contribution in [1.29, 1.82) is 0 Å². The maximum Gasteiger partial charge on any atom is 0.242 e. The molecule has 9 nitrogen and oxygen atoms in total. The Morgan fingerprint density at radius 2 is 1.90 bits per heavy atom. The fourth-order valence-electron chi connectivity index (χ4n) is 2.70. The van der Waals surface area contributed by atoms with Crippen molar-refractivity contribution in [3.05, 3.63) is 59.9 Å². The number of H-pyrrole nitrogens is 1. The van der Waals surface area contributed by atoms with E-state index in [1.807, 2.05) is 18.2 Å². The van der Waals surface area contributed by atoms with E-state index in [-0.39, 0.29) is 15.7 Å². The van der Waals surface area contributed by atoms with Gasteiger partial charge in [0, 0.05) is 11.1 Å². The molecule has 0 bridgehead atoms. The second-order valence-electron chi connectivity index (χ2n) is 6.02. The van der Waals surface area contributed by atoms with Gasteiger partial charge in [0.2, 0.25) is 16.0 Å². The first kappa shape index (κ1) is 19.1. The van der Waals surface area contributed by atoms with Crippen LogP contribution >= 0.6 is 11.6 Å². The number of halogens is 1. The number of rotatable bonds is 6. The average Bonchev–Trinajstić information content (AvgIpc) is 3.19. The first-order valence-corrected chi connectivity index (χ1v) is 10.3. The van der Waals surface area contributed by atoms with E-state index in [9.17, 15) is 8.42 Å². The summed E-state index contributed by atoms with van der Waals surface area (Å²) in [7, 11) is -2.31. The lowest BCUT2D eigenvalue weighted by Gasteiger charge is -2.13. The number of para-hydroxylation sites is 1. The molecule has 2 aromatic heterocycles. The molecule has 11 heteroatoms. The third kappa shape index (κ3) is 3.99. The Kier molecular flexibility index (Phi) is 5.05. The van der Waals surface area contributed by atoms with Crippen molar-refractivity contribution in [3.63, 3.8) is 0 Å². The summed E-state index contributed by atoms with van der Waals surface area (Å²) < 4.78 is 26.8. The Balaban J connectivity index is 1.64. The number of anilines is 4. The first-order chi connectivity index (χ1) is 14.0. The molecule has 0 saturated carbocycles. The van der Waals surface area contributed by atoms with Crippen LogP contribution in [0.1, 0.15) is 0 Å². The van der Waals surface area contributed by atoms with Crippen LogP contribution in [0.3, 0.4) is 0 Å². The first-order valence-electron chi connectivity index (χ1n) is 8.48. The third-order valence-electron chi connectivity index (χ3n) is 4.14. The van der Waals surface area contributed by atoms with Gasteiger partial charge in [0.05, 0.1) is 23.6 Å². The Labute approximate surface area is 171 Å². The molecule has 148 valence electrons. The highest BCUT2D eigenvalue weighted by Crippen LogP contribution is 2.29. The summed E-state index contributed by atoms with van der Waals surface area (Å²) in [5.74, 6) is 0.565. The van der Waals surface area contributed by atoms with E-state index in [1.165, 1.54) is 19.3 Å². The predicted octanol–water partition coefficient (Wildman–Crippen LogP) is 3.40. The number of nitrogens with zero attached hydrogens (tertiary/aromatic N) is 3. The maximum atomic E-state index is 12.3. The molecule has 0 fully saturated rings. The van der Waals surface area contributed by atoms with E-state index in [2.05, 4.69) is 35.5 Å². The van der Waals surface area contributed by atoms with E-state index in [4.69, 9.17) is 11.6 Å². The van der Waals surface area contributed by atoms with Crippen LogP contribution in [0.4, 0.5) is 23.1 Å². The number of hydrogen-bond donors (Lipinski definition) is 4. The zero-order chi connectivity index (χ0) is 20.4. The van der Waals surface area contributed by atoms with Gasteiger partial charge in [-0.25, -0.2) is 18.1 Å². The van der Waals surface area contributed by atoms with Crippen molar-refractivity contribution in [2.24, 2.45) is 0 Å². The fraction of sp³-hybridized carbons (Fsp3) is 0.0556. The predicted molar refractivity (Wildman–Crippen MR) is 112 cm³/mol. The van der Waals surface area contributed by atoms with Crippen molar-refractivity contribution in [2.45, 2.75) is 4.90 Å². The second-order valence-corrected chi connectivity index (χ2v) is 8.28. The van der Waals surface area contributed by atoms with Crippen LogP contribution in [-0.2, 0) is 10.0 Å². The molecule has 4 aromatic rings. The minimum atomic E-state index is -3.66. The molecule has 0 radical (unpaired) electrons. The Morgan fingerprint density at radius 3 is 2.72 bits per heavy atom. The SMILES string of the molecule is CNS(=O)(=O)c1ccccc1Nc1nc(Nc2ccc3cn[nH]c3c2)ncc1Cl. The van der Waals surface area contributed by atoms with Gasteiger partial charge in [-0.2, -0.15) is 10.1 Å². The summed E-state index contributed by atoms with van der Waals surface area (Å²) in [6.45, 7) is 0. The quantitative estimate of drug-likeness (QED) is 0.370. The molecular weight excluding hydrogens is 414 g/mol. The van der Waals surface area contributed by atoms with Gasteiger partial charge in [0.25, 0.3) is 0 Å². The number of aromatic nitrogens is 4. The van der Waals surface area contributed by atoms with E-state index < -0.39 is 10.0 Å². The summed E-state index contributed by atoms with van der Waals surface area (Å²) in [5, 5.41) is 14.2. The zero-order valence-corrected chi connectivity index (χ0v) is 16.7. The highest BCUT2D eigenvalue weighted by molar-refractivity contribution is 7.89. The lowest BCUT2D eigenvalue weighted by molar-refractivity contribution is 0.588. The van der Waals surface area contributed by atoms with Gasteiger partial charge in [0.15, 0.2) is 5.82 Å². The van der Waals surface area contributed by atoms with Crippen LogP contribution in [0.5, 0.6) is 0 Å². The van der Waals surface area contributed by atoms with Gasteiger partial charge in [-0.15, -0.1) is 0 Å². The molecule has 4 N–H and O–H groups in total. The van der Waals surface area contributed by atoms with Crippen molar-refractivity contribution >= 4 is 55.7 Å². The summed E-state index contributed by atoms with van der Waals surface area (Å²) in [4.78, 5) is 8.63. The number of nitrogens with one attached hydrogen (secondary N) is 4. The van der Waals surface area contributed by atoms with E-state index in [1.54, 1.807) is 24.4 Å². The molecule has 2 heterocycles. The van der Waals surface area contributed by atoms with Gasteiger partial charge >= 0.3 is 0 Å². The van der Waals surface area contributed by atoms with Crippen molar-refractivity contribution in [2.75, 3.05) is 17.7 Å². The molecule has 2 aromatic carbocycles. The van der Waals surface area contributed by atoms with Crippen LogP contribution in [0.15, 0.2) is 59.8 Å². The average molecular weight is 430 g/mol. The van der Waals surface area contributed by atoms with Crippen LogP contribution in [0.25, 0.3) is 10.9 Å². The van der Waals surface area contributed by atoms with Gasteiger partial charge in [-0.3, -0.25) is 5.10 Å². The highest BCUT2D eigenvalue weighted by Gasteiger charge is 2.17. The van der Waals surface area contributed by atoms with E-state index in [0.29, 0.717) is 11.6 Å². The molecule has 0 aliphatic heterocycles. The monoisotopic (exact) mass is 429 g/mol. The fourth-order valence-corrected chi connectivity index (χ4v) is 3.73. The summed E-state index contributed by atoms with van der Waals surface area (Å²) in [6, 6.07) is 12.1. The molecular formula is C18H16ClN7O2S. The normalized spacial score (nSPS) is 11.5. The molecule has 0 saturated heterocycles. The van der Waals surface area contributed by atoms with Gasteiger partial charge in [-0.1, -0.05) is 23.7 Å². The standard InChI is InChI=1S/C18H16ClN7O2S/c1-20-29(27,28)16-5-3-2-4-14(16)24-17-13(19)10-21-18(25-17)23-12-7-6-11-9-22-26-15(11)8-12/h2-10,20H,1H3,(H,22,26)(H2,21,23,24,25). The van der Waals surface area contributed by atoms with Gasteiger partial charge < -0.3 is 10.6 Å². The lowest BCUT2D eigenvalue weighted by atomic mass is 10.2. The van der Waals surface area contributed by atoms with Crippen LogP contribution in [0.2, 0.25) is 5.02 Å². The molecule has 0 aliphatic rings. The van der Waals surface area contributed by atoms with Crippen molar-refractivity contribution in [1.82, 2.24) is 24.9 Å². The Bertz CT molecular complexity index is 1290. The van der Waals surface area contributed by atoms with Gasteiger partial charge in [-0.05, 0) is 37.4 Å². The Morgan fingerprint density at radius 1 is 1.07 bits per heavy atom. The molecule has 0 unspecified atom stereocenters. The van der Waals surface area contributed by atoms with E-state index >= 15 is 0 Å². The maximum absolute atomic E-state index is 12.3. The van der Waals surface area contributed by atoms with Crippen LogP contribution in [0, 0.1) is 0 Å². The summed E-state index contributed by atoms with van der Waals surface area (Å²) in [5.41, 5.74) is 1.97. The minimum absolute atomic E-state index is 0.0800. The molecule has 0 amide bonds. The molecule has 0 aliphatic carbocycles. The molecule has 4 rings (SSSR count). The van der Waals surface area contributed by atoms with Crippen molar-refractivity contribution in [3.8, 4) is 0 Å². The number of sulfonamides is 1. The van der Waals surface area contributed by atoms with Crippen molar-refractivity contribution < 1.29 is 8.42 Å². The summed E-state index contributed by atoms with van der Waals surface area (Å²) >= 11 is 6.22.